The third-order valence-electron chi connectivity index (χ3n) is 5.16. The molecule has 2 aromatic carbocycles. The van der Waals surface area contributed by atoms with Crippen molar-refractivity contribution in [2.24, 2.45) is 0 Å². The monoisotopic (exact) mass is 472 g/mol. The third kappa shape index (κ3) is 4.87. The molecule has 150 valence electrons. The van der Waals surface area contributed by atoms with Gasteiger partial charge in [-0.2, -0.15) is 0 Å². The van der Waals surface area contributed by atoms with Crippen LogP contribution in [0.1, 0.15) is 41.0 Å². The van der Waals surface area contributed by atoms with Gasteiger partial charge in [0.05, 0.1) is 6.54 Å². The topological polar surface area (TPSA) is 51.0 Å². The SMILES string of the molecule is O=C(CN(Cc1ccc(Cl)cc1)c1nnc2n1CCCCC2)c1ccc(Br)cc1. The lowest BCUT2D eigenvalue weighted by Gasteiger charge is -2.24. The Bertz CT molecular complexity index is 985. The first-order valence-corrected chi connectivity index (χ1v) is 11.0. The van der Waals surface area contributed by atoms with E-state index in [9.17, 15) is 4.79 Å². The summed E-state index contributed by atoms with van der Waals surface area (Å²) in [5.74, 6) is 1.83. The Morgan fingerprint density at radius 3 is 2.55 bits per heavy atom. The molecule has 0 spiro atoms. The number of carbonyl (C=O) groups excluding carboxylic acids is 1. The van der Waals surface area contributed by atoms with E-state index in [1.54, 1.807) is 0 Å². The molecule has 0 bridgehead atoms. The number of nitrogens with zero attached hydrogens (tertiary/aromatic N) is 4. The van der Waals surface area contributed by atoms with Crippen LogP contribution in [0.3, 0.4) is 0 Å². The Kier molecular flexibility index (Phi) is 6.31. The summed E-state index contributed by atoms with van der Waals surface area (Å²) in [7, 11) is 0. The molecule has 0 aliphatic carbocycles. The van der Waals surface area contributed by atoms with Gasteiger partial charge in [0.1, 0.15) is 5.82 Å². The summed E-state index contributed by atoms with van der Waals surface area (Å²) in [6.07, 6.45) is 4.36. The van der Waals surface area contributed by atoms with Crippen LogP contribution in [-0.2, 0) is 19.5 Å². The number of hydrogen-bond acceptors (Lipinski definition) is 4. The number of hydrogen-bond donors (Lipinski definition) is 0. The van der Waals surface area contributed by atoms with Gasteiger partial charge >= 0.3 is 0 Å². The molecule has 0 saturated carbocycles. The number of halogens is 2. The molecule has 29 heavy (non-hydrogen) atoms. The lowest BCUT2D eigenvalue weighted by molar-refractivity contribution is 0.0998. The average molecular weight is 474 g/mol. The van der Waals surface area contributed by atoms with Gasteiger partial charge < -0.3 is 4.90 Å². The number of fused-ring (bicyclic) bond motifs is 1. The predicted molar refractivity (Wildman–Crippen MR) is 119 cm³/mol. The summed E-state index contributed by atoms with van der Waals surface area (Å²) in [6.45, 7) is 1.70. The summed E-state index contributed by atoms with van der Waals surface area (Å²) >= 11 is 9.46. The molecule has 1 aliphatic heterocycles. The van der Waals surface area contributed by atoms with Crippen LogP contribution in [0.2, 0.25) is 5.02 Å². The van der Waals surface area contributed by atoms with Crippen molar-refractivity contribution in [3.63, 3.8) is 0 Å². The molecule has 2 heterocycles. The van der Waals surface area contributed by atoms with Crippen molar-refractivity contribution in [1.29, 1.82) is 0 Å². The lowest BCUT2D eigenvalue weighted by Crippen LogP contribution is -2.32. The van der Waals surface area contributed by atoms with Gasteiger partial charge in [0.15, 0.2) is 5.78 Å². The Balaban J connectivity index is 1.63. The van der Waals surface area contributed by atoms with Crippen LogP contribution in [0.25, 0.3) is 0 Å². The minimum atomic E-state index is 0.0532. The van der Waals surface area contributed by atoms with Crippen molar-refractivity contribution in [3.05, 3.63) is 75.0 Å². The number of Topliss-reactive ketones (excluding diaryl/α,β-unsaturated/α-hetero) is 1. The smallest absolute Gasteiger partial charge is 0.227 e. The Hall–Kier alpha value is -2.18. The summed E-state index contributed by atoms with van der Waals surface area (Å²) in [5.41, 5.74) is 1.76. The first-order valence-electron chi connectivity index (χ1n) is 9.80. The molecule has 0 radical (unpaired) electrons. The summed E-state index contributed by atoms with van der Waals surface area (Å²) in [4.78, 5) is 15.0. The van der Waals surface area contributed by atoms with Gasteiger partial charge in [-0.15, -0.1) is 10.2 Å². The van der Waals surface area contributed by atoms with Gasteiger partial charge in [0.25, 0.3) is 0 Å². The highest BCUT2D eigenvalue weighted by atomic mass is 79.9. The van der Waals surface area contributed by atoms with Gasteiger partial charge in [-0.05, 0) is 42.7 Å². The van der Waals surface area contributed by atoms with E-state index in [-0.39, 0.29) is 12.3 Å². The van der Waals surface area contributed by atoms with E-state index in [2.05, 4.69) is 30.7 Å². The second kappa shape index (κ2) is 9.09. The summed E-state index contributed by atoms with van der Waals surface area (Å²) < 4.78 is 3.13. The highest BCUT2D eigenvalue weighted by Gasteiger charge is 2.22. The zero-order valence-electron chi connectivity index (χ0n) is 16.0. The number of anilines is 1. The van der Waals surface area contributed by atoms with Crippen molar-refractivity contribution >= 4 is 39.3 Å². The first kappa shape index (κ1) is 20.1. The number of benzene rings is 2. The molecule has 0 fully saturated rings. The van der Waals surface area contributed by atoms with E-state index >= 15 is 0 Å². The second-order valence-electron chi connectivity index (χ2n) is 7.29. The molecular formula is C22H22BrClN4O. The van der Waals surface area contributed by atoms with Gasteiger partial charge in [0.2, 0.25) is 5.95 Å². The molecule has 7 heteroatoms. The fourth-order valence-electron chi connectivity index (χ4n) is 3.61. The highest BCUT2D eigenvalue weighted by Crippen LogP contribution is 2.23. The molecule has 0 saturated heterocycles. The number of aromatic nitrogens is 3. The maximum Gasteiger partial charge on any atom is 0.227 e. The number of aryl methyl sites for hydroxylation is 1. The fraction of sp³-hybridized carbons (Fsp3) is 0.318. The standard InChI is InChI=1S/C22H22BrClN4O/c23-18-9-7-17(8-10-18)20(29)15-27(14-16-5-11-19(24)12-6-16)22-26-25-21-4-2-1-3-13-28(21)22/h5-12H,1-4,13-15H2. The van der Waals surface area contributed by atoms with Crippen molar-refractivity contribution in [2.45, 2.75) is 38.8 Å². The third-order valence-corrected chi connectivity index (χ3v) is 5.94. The minimum Gasteiger partial charge on any atom is -0.329 e. The van der Waals surface area contributed by atoms with Gasteiger partial charge in [0, 0.05) is 34.6 Å². The van der Waals surface area contributed by atoms with Crippen LogP contribution in [0, 0.1) is 0 Å². The van der Waals surface area contributed by atoms with E-state index in [4.69, 9.17) is 11.6 Å². The molecule has 0 atom stereocenters. The normalized spacial score (nSPS) is 13.6. The van der Waals surface area contributed by atoms with Crippen molar-refractivity contribution in [2.75, 3.05) is 11.4 Å². The Labute approximate surface area is 183 Å². The van der Waals surface area contributed by atoms with E-state index in [0.29, 0.717) is 17.1 Å². The number of rotatable bonds is 6. The molecule has 0 amide bonds. The van der Waals surface area contributed by atoms with Crippen molar-refractivity contribution in [1.82, 2.24) is 14.8 Å². The van der Waals surface area contributed by atoms with Crippen LogP contribution in [0.4, 0.5) is 5.95 Å². The number of carbonyl (C=O) groups is 1. The molecule has 0 N–H and O–H groups in total. The molecule has 5 nitrogen and oxygen atoms in total. The maximum absolute atomic E-state index is 13.0. The zero-order valence-corrected chi connectivity index (χ0v) is 18.4. The van der Waals surface area contributed by atoms with E-state index in [1.807, 2.05) is 53.4 Å². The second-order valence-corrected chi connectivity index (χ2v) is 8.64. The van der Waals surface area contributed by atoms with Crippen LogP contribution >= 0.6 is 27.5 Å². The Morgan fingerprint density at radius 1 is 1.03 bits per heavy atom. The minimum absolute atomic E-state index is 0.0532. The first-order chi connectivity index (χ1) is 14.1. The van der Waals surface area contributed by atoms with E-state index < -0.39 is 0 Å². The quantitative estimate of drug-likeness (QED) is 0.455. The molecule has 3 aromatic rings. The van der Waals surface area contributed by atoms with Crippen LogP contribution in [-0.4, -0.2) is 27.1 Å². The van der Waals surface area contributed by atoms with Gasteiger partial charge in [-0.3, -0.25) is 9.36 Å². The van der Waals surface area contributed by atoms with E-state index in [0.717, 1.165) is 47.6 Å². The summed E-state index contributed by atoms with van der Waals surface area (Å²) in [6, 6.07) is 15.2. The summed E-state index contributed by atoms with van der Waals surface area (Å²) in [5, 5.41) is 9.58. The van der Waals surface area contributed by atoms with Gasteiger partial charge in [-0.25, -0.2) is 0 Å². The zero-order chi connectivity index (χ0) is 20.2. The van der Waals surface area contributed by atoms with Crippen molar-refractivity contribution < 1.29 is 4.79 Å². The van der Waals surface area contributed by atoms with Crippen LogP contribution in [0.5, 0.6) is 0 Å². The molecule has 0 unspecified atom stereocenters. The van der Waals surface area contributed by atoms with Crippen LogP contribution in [0.15, 0.2) is 53.0 Å². The molecule has 4 rings (SSSR count). The molecule has 1 aromatic heterocycles. The fourth-order valence-corrected chi connectivity index (χ4v) is 4.00. The number of ketones is 1. The van der Waals surface area contributed by atoms with E-state index in [1.165, 1.54) is 6.42 Å². The molecular weight excluding hydrogens is 452 g/mol. The Morgan fingerprint density at radius 2 is 1.79 bits per heavy atom. The van der Waals surface area contributed by atoms with Crippen LogP contribution < -0.4 is 4.90 Å². The lowest BCUT2D eigenvalue weighted by atomic mass is 10.1. The largest absolute Gasteiger partial charge is 0.329 e. The van der Waals surface area contributed by atoms with Gasteiger partial charge in [-0.1, -0.05) is 58.2 Å². The van der Waals surface area contributed by atoms with Crippen molar-refractivity contribution in [3.8, 4) is 0 Å². The highest BCUT2D eigenvalue weighted by molar-refractivity contribution is 9.10. The average Bonchev–Trinajstić information content (AvgIpc) is 2.97. The predicted octanol–water partition coefficient (Wildman–Crippen LogP) is 5.31. The maximum atomic E-state index is 13.0. The molecule has 1 aliphatic rings.